The van der Waals surface area contributed by atoms with E-state index in [-0.39, 0.29) is 5.84 Å². The van der Waals surface area contributed by atoms with Crippen molar-refractivity contribution in [1.82, 2.24) is 4.90 Å². The van der Waals surface area contributed by atoms with Crippen LogP contribution in [0.3, 0.4) is 0 Å². The Hall–Kier alpha value is -1.20. The SMILES string of the molecule is CSc1cccc(N2CCC(N(C)C)CC2)c1C(=N)N. The third-order valence-corrected chi connectivity index (χ3v) is 4.81. The van der Waals surface area contributed by atoms with Crippen LogP contribution in [-0.2, 0) is 0 Å². The molecule has 1 aliphatic rings. The quantitative estimate of drug-likeness (QED) is 0.507. The molecule has 0 radical (unpaired) electrons. The van der Waals surface area contributed by atoms with Crippen molar-refractivity contribution in [3.8, 4) is 0 Å². The van der Waals surface area contributed by atoms with E-state index in [0.717, 1.165) is 42.1 Å². The smallest absolute Gasteiger partial charge is 0.126 e. The molecule has 0 atom stereocenters. The van der Waals surface area contributed by atoms with Crippen LogP contribution >= 0.6 is 11.8 Å². The summed E-state index contributed by atoms with van der Waals surface area (Å²) in [5.41, 5.74) is 7.81. The molecule has 1 aliphatic heterocycles. The Morgan fingerprint density at radius 3 is 2.50 bits per heavy atom. The minimum Gasteiger partial charge on any atom is -0.384 e. The molecule has 1 saturated heterocycles. The lowest BCUT2D eigenvalue weighted by molar-refractivity contribution is 0.249. The molecule has 4 nitrogen and oxygen atoms in total. The van der Waals surface area contributed by atoms with Crippen molar-refractivity contribution < 1.29 is 0 Å². The molecule has 1 heterocycles. The number of nitrogens with one attached hydrogen (secondary N) is 1. The molecule has 3 N–H and O–H groups in total. The van der Waals surface area contributed by atoms with Gasteiger partial charge in [0, 0.05) is 29.7 Å². The van der Waals surface area contributed by atoms with E-state index in [2.05, 4.69) is 36.0 Å². The number of hydrogen-bond donors (Lipinski definition) is 2. The van der Waals surface area contributed by atoms with Gasteiger partial charge in [-0.1, -0.05) is 6.07 Å². The fourth-order valence-corrected chi connectivity index (χ4v) is 3.48. The zero-order valence-electron chi connectivity index (χ0n) is 12.5. The van der Waals surface area contributed by atoms with Crippen molar-refractivity contribution in [2.45, 2.75) is 23.8 Å². The number of nitrogen functional groups attached to an aromatic ring is 1. The molecule has 0 bridgehead atoms. The highest BCUT2D eigenvalue weighted by Gasteiger charge is 2.23. The van der Waals surface area contributed by atoms with Gasteiger partial charge in [0.05, 0.1) is 5.56 Å². The van der Waals surface area contributed by atoms with Crippen LogP contribution < -0.4 is 10.6 Å². The first kappa shape index (κ1) is 15.2. The van der Waals surface area contributed by atoms with Crippen LogP contribution in [0.1, 0.15) is 18.4 Å². The lowest BCUT2D eigenvalue weighted by Gasteiger charge is -2.37. The maximum Gasteiger partial charge on any atom is 0.126 e. The monoisotopic (exact) mass is 292 g/mol. The maximum atomic E-state index is 7.88. The predicted molar refractivity (Wildman–Crippen MR) is 88.2 cm³/mol. The van der Waals surface area contributed by atoms with Crippen LogP contribution in [0.2, 0.25) is 0 Å². The van der Waals surface area contributed by atoms with Crippen molar-refractivity contribution in [2.75, 3.05) is 38.3 Å². The van der Waals surface area contributed by atoms with E-state index < -0.39 is 0 Å². The molecule has 0 unspecified atom stereocenters. The second-order valence-corrected chi connectivity index (χ2v) is 6.30. The van der Waals surface area contributed by atoms with Gasteiger partial charge in [0.25, 0.3) is 0 Å². The van der Waals surface area contributed by atoms with E-state index in [1.54, 1.807) is 11.8 Å². The van der Waals surface area contributed by atoms with Crippen molar-refractivity contribution in [3.05, 3.63) is 23.8 Å². The summed E-state index contributed by atoms with van der Waals surface area (Å²) in [4.78, 5) is 5.77. The number of piperidine rings is 1. The molecule has 1 fully saturated rings. The number of rotatable bonds is 4. The number of hydrogen-bond acceptors (Lipinski definition) is 4. The van der Waals surface area contributed by atoms with E-state index in [1.165, 1.54) is 0 Å². The molecule has 110 valence electrons. The predicted octanol–water partition coefficient (Wildman–Crippen LogP) is 2.22. The van der Waals surface area contributed by atoms with Crippen molar-refractivity contribution in [3.63, 3.8) is 0 Å². The molecule has 1 aromatic rings. The molecule has 0 aromatic heterocycles. The number of nitrogens with two attached hydrogens (primary N) is 1. The lowest BCUT2D eigenvalue weighted by Crippen LogP contribution is -2.42. The first-order chi connectivity index (χ1) is 9.54. The number of nitrogens with zero attached hydrogens (tertiary/aromatic N) is 2. The highest BCUT2D eigenvalue weighted by atomic mass is 32.2. The molecule has 0 amide bonds. The molecule has 2 rings (SSSR count). The average molecular weight is 292 g/mol. The summed E-state index contributed by atoms with van der Waals surface area (Å²) in [5.74, 6) is 0.166. The standard InChI is InChI=1S/C15H24N4S/c1-18(2)11-7-9-19(10-8-11)12-5-4-6-13(20-3)14(12)15(16)17/h4-6,11H,7-10H2,1-3H3,(H3,16,17). The summed E-state index contributed by atoms with van der Waals surface area (Å²) in [6, 6.07) is 6.85. The van der Waals surface area contributed by atoms with Crippen LogP contribution in [0.25, 0.3) is 0 Å². The van der Waals surface area contributed by atoms with Crippen LogP contribution in [-0.4, -0.2) is 50.2 Å². The van der Waals surface area contributed by atoms with Crippen LogP contribution in [0.15, 0.2) is 23.1 Å². The van der Waals surface area contributed by atoms with Gasteiger partial charge in [0.2, 0.25) is 0 Å². The molecule has 0 aliphatic carbocycles. The summed E-state index contributed by atoms with van der Waals surface area (Å²) >= 11 is 1.65. The average Bonchev–Trinajstić information content (AvgIpc) is 2.46. The van der Waals surface area contributed by atoms with Gasteiger partial charge in [0.1, 0.15) is 5.84 Å². The molecule has 1 aromatic carbocycles. The van der Waals surface area contributed by atoms with E-state index in [1.807, 2.05) is 12.3 Å². The molecule has 20 heavy (non-hydrogen) atoms. The minimum absolute atomic E-state index is 0.166. The fraction of sp³-hybridized carbons (Fsp3) is 0.533. The van der Waals surface area contributed by atoms with Gasteiger partial charge in [-0.15, -0.1) is 11.8 Å². The highest BCUT2D eigenvalue weighted by molar-refractivity contribution is 7.98. The van der Waals surface area contributed by atoms with Crippen LogP contribution in [0.5, 0.6) is 0 Å². The minimum atomic E-state index is 0.166. The van der Waals surface area contributed by atoms with Crippen LogP contribution in [0.4, 0.5) is 5.69 Å². The molecular weight excluding hydrogens is 268 g/mol. The van der Waals surface area contributed by atoms with Crippen LogP contribution in [0, 0.1) is 5.41 Å². The molecular formula is C15H24N4S. The van der Waals surface area contributed by atoms with Gasteiger partial charge in [-0.25, -0.2) is 0 Å². The number of amidine groups is 1. The zero-order valence-corrected chi connectivity index (χ0v) is 13.3. The highest BCUT2D eigenvalue weighted by Crippen LogP contribution is 2.31. The van der Waals surface area contributed by atoms with Gasteiger partial charge in [-0.2, -0.15) is 0 Å². The van der Waals surface area contributed by atoms with Crippen molar-refractivity contribution in [2.24, 2.45) is 5.73 Å². The Labute approximate surface area is 125 Å². The van der Waals surface area contributed by atoms with E-state index in [0.29, 0.717) is 6.04 Å². The topological polar surface area (TPSA) is 56.4 Å². The molecule has 0 saturated carbocycles. The molecule has 0 spiro atoms. The van der Waals surface area contributed by atoms with Gasteiger partial charge >= 0.3 is 0 Å². The van der Waals surface area contributed by atoms with Crippen molar-refractivity contribution in [1.29, 1.82) is 5.41 Å². The van der Waals surface area contributed by atoms with Gasteiger partial charge < -0.3 is 15.5 Å². The fourth-order valence-electron chi connectivity index (χ4n) is 2.85. The second kappa shape index (κ2) is 6.50. The summed E-state index contributed by atoms with van der Waals surface area (Å²) in [7, 11) is 4.30. The van der Waals surface area contributed by atoms with Gasteiger partial charge in [-0.3, -0.25) is 5.41 Å². The summed E-state index contributed by atoms with van der Waals surface area (Å²) in [5, 5.41) is 7.88. The summed E-state index contributed by atoms with van der Waals surface area (Å²) in [6.45, 7) is 2.06. The second-order valence-electron chi connectivity index (χ2n) is 5.45. The maximum absolute atomic E-state index is 7.88. The first-order valence-electron chi connectivity index (χ1n) is 6.97. The first-order valence-corrected chi connectivity index (χ1v) is 8.19. The Bertz CT molecular complexity index is 479. The Balaban J connectivity index is 2.24. The van der Waals surface area contributed by atoms with E-state index >= 15 is 0 Å². The lowest BCUT2D eigenvalue weighted by atomic mass is 10.0. The Morgan fingerprint density at radius 2 is 2.00 bits per heavy atom. The third kappa shape index (κ3) is 3.10. The number of anilines is 1. The van der Waals surface area contributed by atoms with E-state index in [4.69, 9.17) is 11.1 Å². The summed E-state index contributed by atoms with van der Waals surface area (Å²) in [6.07, 6.45) is 4.35. The molecule has 5 heteroatoms. The number of benzene rings is 1. The third-order valence-electron chi connectivity index (χ3n) is 4.03. The van der Waals surface area contributed by atoms with Gasteiger partial charge in [-0.05, 0) is 45.3 Å². The Kier molecular flexibility index (Phi) is 4.94. The van der Waals surface area contributed by atoms with E-state index in [9.17, 15) is 0 Å². The number of thioether (sulfide) groups is 1. The summed E-state index contributed by atoms with van der Waals surface area (Å²) < 4.78 is 0. The normalized spacial score (nSPS) is 16.7. The van der Waals surface area contributed by atoms with Crippen molar-refractivity contribution >= 4 is 23.3 Å². The zero-order chi connectivity index (χ0) is 14.7. The largest absolute Gasteiger partial charge is 0.384 e. The Morgan fingerprint density at radius 1 is 1.35 bits per heavy atom. The van der Waals surface area contributed by atoms with Gasteiger partial charge in [0.15, 0.2) is 0 Å².